The first-order chi connectivity index (χ1) is 12.1. The molecular formula is C18H23ClN6. The lowest BCUT2D eigenvalue weighted by molar-refractivity contribution is 0.502. The number of rotatable bonds is 3. The fraction of sp³-hybridized carbons (Fsp3) is 0.444. The Balaban J connectivity index is 1.66. The van der Waals surface area contributed by atoms with E-state index >= 15 is 0 Å². The Hall–Kier alpha value is -2.05. The molecule has 0 radical (unpaired) electrons. The Kier molecular flexibility index (Phi) is 4.39. The van der Waals surface area contributed by atoms with Crippen LogP contribution in [-0.4, -0.2) is 29.1 Å². The van der Waals surface area contributed by atoms with Gasteiger partial charge in [0.2, 0.25) is 5.95 Å². The molecule has 4 rings (SSSR count). The van der Waals surface area contributed by atoms with Gasteiger partial charge in [-0.15, -0.1) is 0 Å². The summed E-state index contributed by atoms with van der Waals surface area (Å²) < 4.78 is 0. The maximum absolute atomic E-state index is 6.17. The quantitative estimate of drug-likeness (QED) is 0.730. The summed E-state index contributed by atoms with van der Waals surface area (Å²) in [4.78, 5) is 11.9. The summed E-state index contributed by atoms with van der Waals surface area (Å²) in [5.74, 6) is 1.65. The molecule has 0 unspecified atom stereocenters. The van der Waals surface area contributed by atoms with Crippen LogP contribution in [0.25, 0.3) is 0 Å². The number of aromatic nitrogens is 2. The maximum atomic E-state index is 6.17. The van der Waals surface area contributed by atoms with Gasteiger partial charge in [-0.3, -0.25) is 0 Å². The monoisotopic (exact) mass is 358 g/mol. The Morgan fingerprint density at radius 2 is 2.08 bits per heavy atom. The third-order valence-corrected chi connectivity index (χ3v) is 5.27. The summed E-state index contributed by atoms with van der Waals surface area (Å²) in [5.41, 5.74) is 15.9. The molecule has 1 fully saturated rings. The summed E-state index contributed by atoms with van der Waals surface area (Å²) in [6.45, 7) is 1.86. The van der Waals surface area contributed by atoms with E-state index in [4.69, 9.17) is 33.0 Å². The van der Waals surface area contributed by atoms with Crippen LogP contribution >= 0.6 is 11.6 Å². The van der Waals surface area contributed by atoms with Crippen molar-refractivity contribution in [1.29, 1.82) is 0 Å². The highest BCUT2D eigenvalue weighted by Crippen LogP contribution is 2.32. The van der Waals surface area contributed by atoms with E-state index in [1.54, 1.807) is 12.1 Å². The van der Waals surface area contributed by atoms with Crippen LogP contribution in [0.2, 0.25) is 5.02 Å². The highest BCUT2D eigenvalue weighted by molar-refractivity contribution is 6.33. The van der Waals surface area contributed by atoms with E-state index in [0.717, 1.165) is 62.4 Å². The van der Waals surface area contributed by atoms with Gasteiger partial charge in [0.25, 0.3) is 0 Å². The van der Waals surface area contributed by atoms with Gasteiger partial charge in [0.15, 0.2) is 0 Å². The number of halogens is 1. The van der Waals surface area contributed by atoms with Crippen molar-refractivity contribution in [2.45, 2.75) is 38.1 Å². The van der Waals surface area contributed by atoms with Crippen LogP contribution < -0.4 is 21.7 Å². The Morgan fingerprint density at radius 3 is 2.88 bits per heavy atom. The van der Waals surface area contributed by atoms with E-state index in [0.29, 0.717) is 16.7 Å². The largest absolute Gasteiger partial charge is 0.397 e. The SMILES string of the molecule is Nc1cc(Nc2nc3c(c(N4CCC[C@@H](N)C4)n2)CCC3)ccc1Cl. The van der Waals surface area contributed by atoms with Crippen molar-refractivity contribution in [3.63, 3.8) is 0 Å². The van der Waals surface area contributed by atoms with Crippen molar-refractivity contribution in [3.05, 3.63) is 34.5 Å². The molecule has 25 heavy (non-hydrogen) atoms. The molecular weight excluding hydrogens is 336 g/mol. The number of aryl methyl sites for hydroxylation is 1. The molecule has 2 aromatic rings. The zero-order valence-electron chi connectivity index (χ0n) is 14.1. The summed E-state index contributed by atoms with van der Waals surface area (Å²) in [5, 5.41) is 3.82. The average Bonchev–Trinajstić information content (AvgIpc) is 3.06. The number of nitrogens with one attached hydrogen (secondary N) is 1. The fourth-order valence-electron chi connectivity index (χ4n) is 3.68. The zero-order valence-corrected chi connectivity index (χ0v) is 14.9. The van der Waals surface area contributed by atoms with Crippen LogP contribution in [0.1, 0.15) is 30.5 Å². The van der Waals surface area contributed by atoms with Crippen molar-refractivity contribution in [2.24, 2.45) is 5.73 Å². The Labute approximate surface area is 152 Å². The smallest absolute Gasteiger partial charge is 0.229 e. The third-order valence-electron chi connectivity index (χ3n) is 4.92. The number of nitrogen functional groups attached to an aromatic ring is 1. The van der Waals surface area contributed by atoms with E-state index in [1.165, 1.54) is 5.56 Å². The summed E-state index contributed by atoms with van der Waals surface area (Å²) >= 11 is 6.00. The number of hydrogen-bond donors (Lipinski definition) is 3. The number of nitrogens with zero attached hydrogens (tertiary/aromatic N) is 3. The molecule has 6 nitrogen and oxygen atoms in total. The lowest BCUT2D eigenvalue weighted by atomic mass is 10.1. The van der Waals surface area contributed by atoms with Gasteiger partial charge in [0.1, 0.15) is 5.82 Å². The number of benzene rings is 1. The van der Waals surface area contributed by atoms with Crippen LogP contribution in [0.4, 0.5) is 23.1 Å². The number of hydrogen-bond acceptors (Lipinski definition) is 6. The molecule has 1 atom stereocenters. The molecule has 7 heteroatoms. The van der Waals surface area contributed by atoms with Crippen LogP contribution in [0.3, 0.4) is 0 Å². The molecule has 132 valence electrons. The molecule has 0 bridgehead atoms. The molecule has 1 aliphatic carbocycles. The minimum Gasteiger partial charge on any atom is -0.397 e. The predicted octanol–water partition coefficient (Wildman–Crippen LogP) is 2.87. The van der Waals surface area contributed by atoms with Gasteiger partial charge in [0, 0.05) is 30.4 Å². The lowest BCUT2D eigenvalue weighted by Gasteiger charge is -2.33. The van der Waals surface area contributed by atoms with Gasteiger partial charge in [-0.25, -0.2) is 4.98 Å². The van der Waals surface area contributed by atoms with Crippen LogP contribution in [0.5, 0.6) is 0 Å². The fourth-order valence-corrected chi connectivity index (χ4v) is 3.80. The van der Waals surface area contributed by atoms with Gasteiger partial charge in [-0.2, -0.15) is 4.98 Å². The van der Waals surface area contributed by atoms with Gasteiger partial charge in [0.05, 0.1) is 16.4 Å². The number of anilines is 4. The average molecular weight is 359 g/mol. The van der Waals surface area contributed by atoms with Crippen molar-refractivity contribution in [2.75, 3.05) is 29.0 Å². The van der Waals surface area contributed by atoms with Crippen molar-refractivity contribution >= 4 is 34.7 Å². The molecule has 1 aliphatic heterocycles. The van der Waals surface area contributed by atoms with Crippen LogP contribution in [0.15, 0.2) is 18.2 Å². The molecule has 1 aromatic heterocycles. The summed E-state index contributed by atoms with van der Waals surface area (Å²) in [6.07, 6.45) is 5.37. The van der Waals surface area contributed by atoms with Crippen molar-refractivity contribution < 1.29 is 0 Å². The molecule has 1 saturated heterocycles. The second kappa shape index (κ2) is 6.69. The second-order valence-corrected chi connectivity index (χ2v) is 7.27. The van der Waals surface area contributed by atoms with E-state index in [9.17, 15) is 0 Å². The minimum absolute atomic E-state index is 0.216. The van der Waals surface area contributed by atoms with Gasteiger partial charge >= 0.3 is 0 Å². The van der Waals surface area contributed by atoms with E-state index in [-0.39, 0.29) is 6.04 Å². The lowest BCUT2D eigenvalue weighted by Crippen LogP contribution is -2.43. The standard InChI is InChI=1S/C18H23ClN6/c19-14-7-6-12(9-15(14)21)22-18-23-16-5-1-4-13(16)17(24-18)25-8-2-3-11(20)10-25/h6-7,9,11H,1-5,8,10,20-21H2,(H,22,23,24)/t11-/m1/s1. The molecule has 5 N–H and O–H groups in total. The highest BCUT2D eigenvalue weighted by atomic mass is 35.5. The number of nitrogens with two attached hydrogens (primary N) is 2. The number of piperidine rings is 1. The second-order valence-electron chi connectivity index (χ2n) is 6.86. The van der Waals surface area contributed by atoms with Crippen LogP contribution in [-0.2, 0) is 12.8 Å². The van der Waals surface area contributed by atoms with E-state index in [2.05, 4.69) is 10.2 Å². The Morgan fingerprint density at radius 1 is 1.20 bits per heavy atom. The third kappa shape index (κ3) is 3.37. The highest BCUT2D eigenvalue weighted by Gasteiger charge is 2.26. The topological polar surface area (TPSA) is 93.1 Å². The summed E-state index contributed by atoms with van der Waals surface area (Å²) in [7, 11) is 0. The van der Waals surface area contributed by atoms with Gasteiger partial charge in [-0.1, -0.05) is 11.6 Å². The molecule has 0 saturated carbocycles. The minimum atomic E-state index is 0.216. The Bertz CT molecular complexity index is 793. The van der Waals surface area contributed by atoms with Crippen molar-refractivity contribution in [3.8, 4) is 0 Å². The molecule has 0 spiro atoms. The molecule has 2 heterocycles. The summed E-state index contributed by atoms with van der Waals surface area (Å²) in [6, 6.07) is 5.67. The predicted molar refractivity (Wildman–Crippen MR) is 103 cm³/mol. The van der Waals surface area contributed by atoms with E-state index in [1.807, 2.05) is 6.07 Å². The first-order valence-electron chi connectivity index (χ1n) is 8.82. The maximum Gasteiger partial charge on any atom is 0.229 e. The van der Waals surface area contributed by atoms with E-state index < -0.39 is 0 Å². The normalized spacial score (nSPS) is 19.8. The van der Waals surface area contributed by atoms with Crippen LogP contribution in [0, 0.1) is 0 Å². The molecule has 1 aromatic carbocycles. The first-order valence-corrected chi connectivity index (χ1v) is 9.20. The van der Waals surface area contributed by atoms with Gasteiger partial charge in [-0.05, 0) is 50.3 Å². The van der Waals surface area contributed by atoms with Crippen molar-refractivity contribution in [1.82, 2.24) is 9.97 Å². The molecule has 0 amide bonds. The molecule has 2 aliphatic rings. The van der Waals surface area contributed by atoms with Gasteiger partial charge < -0.3 is 21.7 Å². The number of fused-ring (bicyclic) bond motifs is 1. The zero-order chi connectivity index (χ0) is 17.4. The first kappa shape index (κ1) is 16.4.